The van der Waals surface area contributed by atoms with E-state index in [0.717, 1.165) is 50.8 Å². The van der Waals surface area contributed by atoms with E-state index in [-0.39, 0.29) is 0 Å². The highest BCUT2D eigenvalue weighted by Crippen LogP contribution is 2.28. The zero-order valence-electron chi connectivity index (χ0n) is 18.8. The van der Waals surface area contributed by atoms with Gasteiger partial charge < -0.3 is 24.7 Å². The molecular weight excluding hydrogens is 426 g/mol. The summed E-state index contributed by atoms with van der Waals surface area (Å²) in [4.78, 5) is 26.6. The number of aliphatic carboxylic acids is 2. The molecule has 3 N–H and O–H groups in total. The van der Waals surface area contributed by atoms with E-state index in [4.69, 9.17) is 29.3 Å². The highest BCUT2D eigenvalue weighted by atomic mass is 16.5. The van der Waals surface area contributed by atoms with Gasteiger partial charge in [-0.15, -0.1) is 0 Å². The summed E-state index contributed by atoms with van der Waals surface area (Å²) in [6.07, 6.45) is 2.15. The molecule has 0 saturated carbocycles. The van der Waals surface area contributed by atoms with Crippen LogP contribution in [-0.2, 0) is 22.7 Å². The molecule has 0 atom stereocenters. The van der Waals surface area contributed by atoms with Crippen molar-refractivity contribution in [3.05, 3.63) is 59.8 Å². The second-order valence-corrected chi connectivity index (χ2v) is 7.71. The van der Waals surface area contributed by atoms with Crippen LogP contribution in [0.1, 0.15) is 11.1 Å². The van der Waals surface area contributed by atoms with Crippen molar-refractivity contribution < 1.29 is 29.3 Å². The number of aromatic amines is 1. The highest BCUT2D eigenvalue weighted by Gasteiger charge is 2.18. The summed E-state index contributed by atoms with van der Waals surface area (Å²) in [7, 11) is 3.36. The average molecular weight is 456 g/mol. The van der Waals surface area contributed by atoms with Crippen LogP contribution in [-0.4, -0.2) is 77.3 Å². The first-order chi connectivity index (χ1) is 15.9. The number of rotatable bonds is 6. The van der Waals surface area contributed by atoms with Crippen molar-refractivity contribution in [1.29, 1.82) is 0 Å². The van der Waals surface area contributed by atoms with Gasteiger partial charge in [0.25, 0.3) is 0 Å². The maximum Gasteiger partial charge on any atom is 0.414 e. The molecule has 2 aromatic carbocycles. The van der Waals surface area contributed by atoms with Crippen molar-refractivity contribution in [3.63, 3.8) is 0 Å². The van der Waals surface area contributed by atoms with Crippen molar-refractivity contribution in [2.75, 3.05) is 40.4 Å². The van der Waals surface area contributed by atoms with Gasteiger partial charge in [-0.2, -0.15) is 0 Å². The first kappa shape index (κ1) is 24.1. The summed E-state index contributed by atoms with van der Waals surface area (Å²) >= 11 is 0. The second-order valence-electron chi connectivity index (χ2n) is 7.71. The van der Waals surface area contributed by atoms with Crippen LogP contribution in [0.4, 0.5) is 0 Å². The molecule has 1 aliphatic rings. The summed E-state index contributed by atoms with van der Waals surface area (Å²) < 4.78 is 10.8. The number of hydrogen-bond acceptors (Lipinski definition) is 6. The van der Waals surface area contributed by atoms with E-state index in [1.807, 2.05) is 6.07 Å². The Morgan fingerprint density at radius 1 is 0.879 bits per heavy atom. The smallest absolute Gasteiger partial charge is 0.414 e. The summed E-state index contributed by atoms with van der Waals surface area (Å²) in [5.74, 6) is -2.07. The zero-order valence-corrected chi connectivity index (χ0v) is 18.8. The molecule has 33 heavy (non-hydrogen) atoms. The minimum Gasteiger partial charge on any atom is -0.493 e. The van der Waals surface area contributed by atoms with Crippen LogP contribution < -0.4 is 9.47 Å². The fourth-order valence-electron chi connectivity index (χ4n) is 3.85. The average Bonchev–Trinajstić information content (AvgIpc) is 3.23. The topological polar surface area (TPSA) is 115 Å². The van der Waals surface area contributed by atoms with Gasteiger partial charge in [0, 0.05) is 56.4 Å². The molecular formula is C24H29N3O6. The third kappa shape index (κ3) is 6.47. The van der Waals surface area contributed by atoms with E-state index >= 15 is 0 Å². The number of nitrogens with zero attached hydrogens (tertiary/aromatic N) is 2. The van der Waals surface area contributed by atoms with Crippen LogP contribution in [0.5, 0.6) is 11.5 Å². The summed E-state index contributed by atoms with van der Waals surface area (Å²) in [6.45, 7) is 6.29. The lowest BCUT2D eigenvalue weighted by Gasteiger charge is -2.34. The lowest BCUT2D eigenvalue weighted by atomic mass is 10.1. The number of H-pyrrole nitrogens is 1. The Labute approximate surface area is 192 Å². The fourth-order valence-corrected chi connectivity index (χ4v) is 3.85. The van der Waals surface area contributed by atoms with Crippen LogP contribution in [0.15, 0.2) is 48.7 Å². The molecule has 1 aliphatic heterocycles. The van der Waals surface area contributed by atoms with Gasteiger partial charge >= 0.3 is 11.9 Å². The molecule has 1 aromatic heterocycles. The number of nitrogens with one attached hydrogen (secondary N) is 1. The molecule has 1 fully saturated rings. The molecule has 0 radical (unpaired) electrons. The Morgan fingerprint density at radius 3 is 2.09 bits per heavy atom. The van der Waals surface area contributed by atoms with E-state index in [0.29, 0.717) is 0 Å². The quantitative estimate of drug-likeness (QED) is 0.486. The lowest BCUT2D eigenvalue weighted by Crippen LogP contribution is -2.45. The zero-order chi connectivity index (χ0) is 23.8. The monoisotopic (exact) mass is 455 g/mol. The minimum absolute atomic E-state index is 0.782. The molecule has 2 heterocycles. The Hall–Kier alpha value is -3.56. The number of carboxylic acids is 2. The molecule has 0 aliphatic carbocycles. The van der Waals surface area contributed by atoms with Gasteiger partial charge in [-0.3, -0.25) is 9.80 Å². The van der Waals surface area contributed by atoms with E-state index in [2.05, 4.69) is 57.4 Å². The molecule has 9 heteroatoms. The van der Waals surface area contributed by atoms with Crippen LogP contribution in [0.3, 0.4) is 0 Å². The highest BCUT2D eigenvalue weighted by molar-refractivity contribution is 6.27. The maximum atomic E-state index is 9.10. The number of methoxy groups -OCH3 is 2. The maximum absolute atomic E-state index is 9.10. The first-order valence-corrected chi connectivity index (χ1v) is 10.6. The van der Waals surface area contributed by atoms with Gasteiger partial charge in [0.1, 0.15) is 0 Å². The molecule has 4 rings (SSSR count). The summed E-state index contributed by atoms with van der Waals surface area (Å²) in [5.41, 5.74) is 3.87. The molecule has 1 saturated heterocycles. The molecule has 0 unspecified atom stereocenters. The molecule has 3 aromatic rings. The van der Waals surface area contributed by atoms with Crippen molar-refractivity contribution >= 4 is 22.8 Å². The van der Waals surface area contributed by atoms with Gasteiger partial charge in [-0.25, -0.2) is 9.59 Å². The number of benzene rings is 2. The number of piperazine rings is 1. The second kappa shape index (κ2) is 11.3. The van der Waals surface area contributed by atoms with Crippen molar-refractivity contribution in [2.24, 2.45) is 0 Å². The molecule has 176 valence electrons. The Balaban J connectivity index is 0.000000454. The standard InChI is InChI=1S/C22H27N3O2.C2H2O4/c1-26-21-8-7-17(13-22(21)27-2)15-24-9-11-25(12-10-24)16-18-14-23-20-6-4-3-5-19(18)20;3-1(4)2(5)6/h3-8,13-14,23H,9-12,15-16H2,1-2H3;(H,3,4)(H,5,6). The largest absolute Gasteiger partial charge is 0.493 e. The van der Waals surface area contributed by atoms with Gasteiger partial charge in [0.2, 0.25) is 0 Å². The molecule has 0 amide bonds. The third-order valence-corrected chi connectivity index (χ3v) is 5.57. The van der Waals surface area contributed by atoms with Gasteiger partial charge in [-0.05, 0) is 29.3 Å². The molecule has 0 bridgehead atoms. The predicted octanol–water partition coefficient (Wildman–Crippen LogP) is 2.66. The number of ether oxygens (including phenoxy) is 2. The lowest BCUT2D eigenvalue weighted by molar-refractivity contribution is -0.159. The summed E-state index contributed by atoms with van der Waals surface area (Å²) in [6, 6.07) is 14.7. The minimum atomic E-state index is -1.82. The molecule has 0 spiro atoms. The Bertz CT molecular complexity index is 1080. The van der Waals surface area contributed by atoms with Crippen molar-refractivity contribution in [3.8, 4) is 11.5 Å². The van der Waals surface area contributed by atoms with Crippen LogP contribution in [0.25, 0.3) is 10.9 Å². The summed E-state index contributed by atoms with van der Waals surface area (Å²) in [5, 5.41) is 16.1. The van der Waals surface area contributed by atoms with Gasteiger partial charge in [0.05, 0.1) is 14.2 Å². The Kier molecular flexibility index (Phi) is 8.28. The number of aromatic nitrogens is 1. The first-order valence-electron chi connectivity index (χ1n) is 10.6. The van der Waals surface area contributed by atoms with Crippen molar-refractivity contribution in [1.82, 2.24) is 14.8 Å². The number of hydrogen-bond donors (Lipinski definition) is 3. The number of fused-ring (bicyclic) bond motifs is 1. The Morgan fingerprint density at radius 2 is 1.48 bits per heavy atom. The number of para-hydroxylation sites is 1. The third-order valence-electron chi connectivity index (χ3n) is 5.57. The van der Waals surface area contributed by atoms with E-state index < -0.39 is 11.9 Å². The fraction of sp³-hybridized carbons (Fsp3) is 0.333. The van der Waals surface area contributed by atoms with Crippen molar-refractivity contribution in [2.45, 2.75) is 13.1 Å². The van der Waals surface area contributed by atoms with Crippen LogP contribution in [0.2, 0.25) is 0 Å². The number of carboxylic acid groups (broad SMARTS) is 2. The molecule has 9 nitrogen and oxygen atoms in total. The number of carbonyl (C=O) groups is 2. The van der Waals surface area contributed by atoms with Gasteiger partial charge in [-0.1, -0.05) is 24.3 Å². The predicted molar refractivity (Wildman–Crippen MR) is 124 cm³/mol. The van der Waals surface area contributed by atoms with E-state index in [1.165, 1.54) is 22.0 Å². The SMILES string of the molecule is COc1ccc(CN2CCN(Cc3c[nH]c4ccccc34)CC2)cc1OC.O=C(O)C(=O)O. The van der Waals surface area contributed by atoms with E-state index in [9.17, 15) is 0 Å². The van der Waals surface area contributed by atoms with Crippen LogP contribution >= 0.6 is 0 Å². The van der Waals surface area contributed by atoms with Crippen LogP contribution in [0, 0.1) is 0 Å². The van der Waals surface area contributed by atoms with Gasteiger partial charge in [0.15, 0.2) is 11.5 Å². The van der Waals surface area contributed by atoms with E-state index in [1.54, 1.807) is 14.2 Å². The normalized spacial score (nSPS) is 14.4.